The summed E-state index contributed by atoms with van der Waals surface area (Å²) in [5, 5.41) is 17.3. The highest BCUT2D eigenvalue weighted by molar-refractivity contribution is 5.73. The minimum atomic E-state index is -1.15. The third kappa shape index (κ3) is 7.19. The van der Waals surface area contributed by atoms with Crippen LogP contribution in [0.15, 0.2) is 0 Å². The van der Waals surface area contributed by atoms with E-state index in [0.717, 1.165) is 12.8 Å². The van der Waals surface area contributed by atoms with E-state index in [2.05, 4.69) is 0 Å². The van der Waals surface area contributed by atoms with Crippen molar-refractivity contribution in [1.82, 2.24) is 0 Å². The summed E-state index contributed by atoms with van der Waals surface area (Å²) >= 11 is 0. The second kappa shape index (κ2) is 7.19. The lowest BCUT2D eigenvalue weighted by Gasteiger charge is -2.25. The van der Waals surface area contributed by atoms with Crippen molar-refractivity contribution in [3.63, 3.8) is 0 Å². The van der Waals surface area contributed by atoms with Crippen molar-refractivity contribution in [1.29, 1.82) is 0 Å². The zero-order valence-electron chi connectivity index (χ0n) is 9.32. The van der Waals surface area contributed by atoms with Crippen molar-refractivity contribution in [3.8, 4) is 0 Å². The molecule has 0 aromatic rings. The summed E-state index contributed by atoms with van der Waals surface area (Å²) in [6, 6.07) is 0. The maximum Gasteiger partial charge on any atom is 0.305 e. The van der Waals surface area contributed by atoms with Crippen LogP contribution in [0.1, 0.15) is 38.5 Å². The number of carbonyl (C=O) groups is 2. The van der Waals surface area contributed by atoms with E-state index in [1.54, 1.807) is 0 Å². The van der Waals surface area contributed by atoms with Gasteiger partial charge in [0.1, 0.15) is 0 Å². The molecule has 0 amide bonds. The maximum atomic E-state index is 10.6. The van der Waals surface area contributed by atoms with Gasteiger partial charge in [-0.05, 0) is 19.4 Å². The Bertz CT molecular complexity index is 227. The summed E-state index contributed by atoms with van der Waals surface area (Å²) in [7, 11) is 0. The van der Waals surface area contributed by atoms with Gasteiger partial charge in [0.25, 0.3) is 0 Å². The first-order valence-electron chi connectivity index (χ1n) is 5.32. The van der Waals surface area contributed by atoms with Gasteiger partial charge in [-0.2, -0.15) is 0 Å². The molecule has 0 aliphatic rings. The number of hydrogen-bond donors (Lipinski definition) is 4. The lowest BCUT2D eigenvalue weighted by molar-refractivity contribution is -0.141. The molecule has 0 aromatic carbocycles. The summed E-state index contributed by atoms with van der Waals surface area (Å²) in [5.41, 5.74) is 9.96. The topological polar surface area (TPSA) is 127 Å². The number of aliphatic carboxylic acids is 2. The van der Waals surface area contributed by atoms with Crippen LogP contribution in [0.3, 0.4) is 0 Å². The molecule has 16 heavy (non-hydrogen) atoms. The number of carboxylic acid groups (broad SMARTS) is 2. The molecular formula is C10H20N2O4. The van der Waals surface area contributed by atoms with Gasteiger partial charge in [0.2, 0.25) is 0 Å². The first-order valence-corrected chi connectivity index (χ1v) is 5.32. The normalized spacial score (nSPS) is 11.4. The molecule has 6 nitrogen and oxygen atoms in total. The lowest BCUT2D eigenvalue weighted by atomic mass is 9.86. The van der Waals surface area contributed by atoms with E-state index in [1.165, 1.54) is 0 Å². The van der Waals surface area contributed by atoms with Gasteiger partial charge in [0, 0.05) is 5.54 Å². The van der Waals surface area contributed by atoms with Crippen LogP contribution >= 0.6 is 0 Å². The second-order valence-electron chi connectivity index (χ2n) is 4.10. The van der Waals surface area contributed by atoms with Crippen LogP contribution < -0.4 is 11.5 Å². The van der Waals surface area contributed by atoms with Crippen LogP contribution in [0.2, 0.25) is 0 Å². The van der Waals surface area contributed by atoms with E-state index in [9.17, 15) is 9.59 Å². The molecule has 0 rings (SSSR count). The van der Waals surface area contributed by atoms with Crippen LogP contribution in [-0.2, 0) is 9.59 Å². The van der Waals surface area contributed by atoms with Gasteiger partial charge in [-0.25, -0.2) is 0 Å². The van der Waals surface area contributed by atoms with Crippen LogP contribution in [0, 0.1) is 0 Å². The first kappa shape index (κ1) is 14.9. The molecule has 0 aromatic heterocycles. The quantitative estimate of drug-likeness (QED) is 0.419. The monoisotopic (exact) mass is 232 g/mol. The minimum absolute atomic E-state index is 0.318. The van der Waals surface area contributed by atoms with E-state index in [4.69, 9.17) is 21.7 Å². The number of nitrogens with two attached hydrogens (primary N) is 2. The highest BCUT2D eigenvalue weighted by atomic mass is 16.4. The average Bonchev–Trinajstić information content (AvgIpc) is 2.09. The van der Waals surface area contributed by atoms with Crippen molar-refractivity contribution in [2.24, 2.45) is 11.5 Å². The Kier molecular flexibility index (Phi) is 6.67. The van der Waals surface area contributed by atoms with Crippen LogP contribution in [0.25, 0.3) is 0 Å². The van der Waals surface area contributed by atoms with Crippen molar-refractivity contribution in [2.75, 3.05) is 6.54 Å². The molecule has 0 aliphatic carbocycles. The molecule has 6 N–H and O–H groups in total. The average molecular weight is 232 g/mol. The lowest BCUT2D eigenvalue weighted by Crippen LogP contribution is -2.44. The van der Waals surface area contributed by atoms with E-state index in [0.29, 0.717) is 19.4 Å². The largest absolute Gasteiger partial charge is 0.481 e. The zero-order valence-corrected chi connectivity index (χ0v) is 9.32. The molecular weight excluding hydrogens is 212 g/mol. The summed E-state index contributed by atoms with van der Waals surface area (Å²) in [6.45, 7) is 0.579. The number of rotatable bonds is 9. The van der Waals surface area contributed by atoms with Crippen molar-refractivity contribution in [2.45, 2.75) is 44.1 Å². The molecule has 94 valence electrons. The Morgan fingerprint density at radius 1 is 1.00 bits per heavy atom. The van der Waals surface area contributed by atoms with Gasteiger partial charge < -0.3 is 21.7 Å². The van der Waals surface area contributed by atoms with Gasteiger partial charge in [0.15, 0.2) is 0 Å². The molecule has 0 spiro atoms. The smallest absolute Gasteiger partial charge is 0.305 e. The van der Waals surface area contributed by atoms with E-state index in [1.807, 2.05) is 0 Å². The SMILES string of the molecule is NCCCCCC(N)(CC(=O)O)CC(=O)O. The molecule has 0 saturated carbocycles. The van der Waals surface area contributed by atoms with E-state index in [-0.39, 0.29) is 12.8 Å². The summed E-state index contributed by atoms with van der Waals surface area (Å²) < 4.78 is 0. The molecule has 0 aliphatic heterocycles. The summed E-state index contributed by atoms with van der Waals surface area (Å²) in [5.74, 6) is -2.13. The van der Waals surface area contributed by atoms with E-state index < -0.39 is 17.5 Å². The molecule has 0 unspecified atom stereocenters. The number of hydrogen-bond acceptors (Lipinski definition) is 4. The zero-order chi connectivity index (χ0) is 12.6. The van der Waals surface area contributed by atoms with Crippen LogP contribution in [-0.4, -0.2) is 34.2 Å². The highest BCUT2D eigenvalue weighted by Crippen LogP contribution is 2.20. The molecule has 6 heteroatoms. The van der Waals surface area contributed by atoms with Crippen LogP contribution in [0.4, 0.5) is 0 Å². The molecule has 0 radical (unpaired) electrons. The van der Waals surface area contributed by atoms with Crippen molar-refractivity contribution < 1.29 is 19.8 Å². The Morgan fingerprint density at radius 3 is 1.88 bits per heavy atom. The fraction of sp³-hybridized carbons (Fsp3) is 0.800. The fourth-order valence-corrected chi connectivity index (χ4v) is 1.64. The van der Waals surface area contributed by atoms with Crippen molar-refractivity contribution >= 4 is 11.9 Å². The predicted molar refractivity (Wildman–Crippen MR) is 58.9 cm³/mol. The first-order chi connectivity index (χ1) is 7.39. The molecule has 0 saturated heterocycles. The molecule has 0 heterocycles. The second-order valence-corrected chi connectivity index (χ2v) is 4.10. The highest BCUT2D eigenvalue weighted by Gasteiger charge is 2.30. The Morgan fingerprint density at radius 2 is 1.50 bits per heavy atom. The van der Waals surface area contributed by atoms with Gasteiger partial charge in [-0.3, -0.25) is 9.59 Å². The molecule has 0 atom stereocenters. The molecule has 0 bridgehead atoms. The number of carboxylic acids is 2. The van der Waals surface area contributed by atoms with Crippen LogP contribution in [0.5, 0.6) is 0 Å². The van der Waals surface area contributed by atoms with Gasteiger partial charge in [-0.1, -0.05) is 12.8 Å². The standard InChI is InChI=1S/C10H20N2O4/c11-5-3-1-2-4-10(12,6-8(13)14)7-9(15)16/h1-7,11-12H2,(H,13,14)(H,15,16). The number of unbranched alkanes of at least 4 members (excludes halogenated alkanes) is 2. The summed E-state index contributed by atoms with van der Waals surface area (Å²) in [4.78, 5) is 21.2. The Hall–Kier alpha value is -1.14. The predicted octanol–water partition coefficient (Wildman–Crippen LogP) is 0.152. The van der Waals surface area contributed by atoms with E-state index >= 15 is 0 Å². The minimum Gasteiger partial charge on any atom is -0.481 e. The third-order valence-electron chi connectivity index (χ3n) is 2.39. The third-order valence-corrected chi connectivity index (χ3v) is 2.39. The van der Waals surface area contributed by atoms with Gasteiger partial charge in [0.05, 0.1) is 12.8 Å². The van der Waals surface area contributed by atoms with Crippen molar-refractivity contribution in [3.05, 3.63) is 0 Å². The maximum absolute atomic E-state index is 10.6. The van der Waals surface area contributed by atoms with Gasteiger partial charge >= 0.3 is 11.9 Å². The Balaban J connectivity index is 4.18. The fourth-order valence-electron chi connectivity index (χ4n) is 1.64. The summed E-state index contributed by atoms with van der Waals surface area (Å²) in [6.07, 6.45) is 2.15. The van der Waals surface area contributed by atoms with Gasteiger partial charge in [-0.15, -0.1) is 0 Å². The molecule has 0 fully saturated rings. The Labute approximate surface area is 94.6 Å².